The fourth-order valence-electron chi connectivity index (χ4n) is 0.770. The number of carbonyl (C=O) groups excluding carboxylic acids is 1. The van der Waals surface area contributed by atoms with Crippen LogP contribution in [0.4, 0.5) is 0 Å². The molecular formula is C5H6N2O5S2. The third kappa shape index (κ3) is 1.82. The minimum atomic E-state index is -4.22. The molecule has 0 saturated carbocycles. The predicted octanol–water partition coefficient (Wildman–Crippen LogP) is -1.86. The van der Waals surface area contributed by atoms with Crippen LogP contribution >= 0.6 is 0 Å². The number of carbonyl (C=O) groups is 1. The molecule has 2 N–H and O–H groups in total. The summed E-state index contributed by atoms with van der Waals surface area (Å²) in [4.78, 5) is 10.2. The second-order valence-corrected chi connectivity index (χ2v) is 6.05. The Labute approximate surface area is 80.3 Å². The smallest absolute Gasteiger partial charge is 0.289 e. The van der Waals surface area contributed by atoms with Crippen LogP contribution in [0, 0.1) is 0 Å². The highest BCUT2D eigenvalue weighted by Gasteiger charge is 2.34. The predicted molar refractivity (Wildman–Crippen MR) is 48.5 cm³/mol. The van der Waals surface area contributed by atoms with Gasteiger partial charge in [-0.1, -0.05) is 0 Å². The van der Waals surface area contributed by atoms with Gasteiger partial charge in [0.25, 0.3) is 15.1 Å². The zero-order chi connectivity index (χ0) is 11.1. The second-order valence-electron chi connectivity index (χ2n) is 2.56. The van der Waals surface area contributed by atoms with E-state index in [4.69, 9.17) is 5.73 Å². The number of nitrogens with two attached hydrogens (primary N) is 1. The minimum absolute atomic E-state index is 0.406. The van der Waals surface area contributed by atoms with Gasteiger partial charge in [0, 0.05) is 12.3 Å². The van der Waals surface area contributed by atoms with Crippen LogP contribution in [-0.4, -0.2) is 34.0 Å². The highest BCUT2D eigenvalue weighted by atomic mass is 32.2. The van der Waals surface area contributed by atoms with Crippen LogP contribution in [0.5, 0.6) is 0 Å². The lowest BCUT2D eigenvalue weighted by atomic mass is 10.5. The third-order valence-electron chi connectivity index (χ3n) is 1.32. The fraction of sp³-hybridized carbons (Fsp3) is 0.200. The first-order chi connectivity index (χ1) is 6.14. The zero-order valence-corrected chi connectivity index (χ0v) is 8.59. The van der Waals surface area contributed by atoms with E-state index in [0.717, 1.165) is 6.08 Å². The van der Waals surface area contributed by atoms with Gasteiger partial charge in [-0.15, -0.1) is 4.40 Å². The Hall–Kier alpha value is -1.22. The van der Waals surface area contributed by atoms with Crippen molar-refractivity contribution in [1.82, 2.24) is 0 Å². The monoisotopic (exact) mass is 238 g/mol. The lowest BCUT2D eigenvalue weighted by molar-refractivity contribution is -0.108. The molecule has 1 heterocycles. The van der Waals surface area contributed by atoms with Crippen LogP contribution in [0.3, 0.4) is 0 Å². The summed E-state index contributed by atoms with van der Waals surface area (Å²) in [6, 6.07) is 0. The second kappa shape index (κ2) is 2.89. The number of hydrogen-bond donors (Lipinski definition) is 1. The molecule has 0 atom stereocenters. The molecule has 0 radical (unpaired) electrons. The summed E-state index contributed by atoms with van der Waals surface area (Å²) in [5.41, 5.74) is 5.03. The molecule has 1 rings (SSSR count). The molecule has 1 aliphatic heterocycles. The Morgan fingerprint density at radius 2 is 2.00 bits per heavy atom. The van der Waals surface area contributed by atoms with Gasteiger partial charge < -0.3 is 5.73 Å². The van der Waals surface area contributed by atoms with Crippen LogP contribution in [0.2, 0.25) is 0 Å². The minimum Gasteiger partial charge on any atom is -0.383 e. The summed E-state index contributed by atoms with van der Waals surface area (Å²) in [5, 5.41) is -1.50. The third-order valence-corrected chi connectivity index (χ3v) is 3.65. The lowest BCUT2D eigenvalue weighted by Gasteiger charge is -1.96. The van der Waals surface area contributed by atoms with Gasteiger partial charge in [-0.3, -0.25) is 4.79 Å². The van der Waals surface area contributed by atoms with Crippen molar-refractivity contribution < 1.29 is 21.6 Å². The fourth-order valence-corrected chi connectivity index (χ4v) is 2.87. The summed E-state index contributed by atoms with van der Waals surface area (Å²) >= 11 is 0. The summed E-state index contributed by atoms with van der Waals surface area (Å²) in [6.45, 7) is 0. The average Bonchev–Trinajstić information content (AvgIpc) is 2.20. The molecule has 0 aromatic heterocycles. The van der Waals surface area contributed by atoms with E-state index in [-0.39, 0.29) is 0 Å². The average molecular weight is 238 g/mol. The SMILES string of the molecule is CS(=O)(=O)C(=O)C1=CC(N)=NS1(=O)=O. The van der Waals surface area contributed by atoms with Gasteiger partial charge in [0.05, 0.1) is 0 Å². The molecule has 0 bridgehead atoms. The summed E-state index contributed by atoms with van der Waals surface area (Å²) in [5.74, 6) is -0.406. The highest BCUT2D eigenvalue weighted by molar-refractivity contribution is 8.09. The Balaban J connectivity index is 3.32. The van der Waals surface area contributed by atoms with E-state index in [1.807, 2.05) is 0 Å². The molecule has 0 aromatic rings. The highest BCUT2D eigenvalue weighted by Crippen LogP contribution is 2.18. The summed E-state index contributed by atoms with van der Waals surface area (Å²) < 4.78 is 46.5. The van der Waals surface area contributed by atoms with Crippen LogP contribution < -0.4 is 5.73 Å². The molecule has 1 aliphatic rings. The molecule has 0 spiro atoms. The maximum absolute atomic E-state index is 11.1. The Bertz CT molecular complexity index is 551. The van der Waals surface area contributed by atoms with Crippen molar-refractivity contribution in [2.75, 3.05) is 6.26 Å². The summed E-state index contributed by atoms with van der Waals surface area (Å²) in [7, 11) is -8.32. The molecule has 0 aliphatic carbocycles. The van der Waals surface area contributed by atoms with Gasteiger partial charge in [0.2, 0.25) is 9.84 Å². The molecule has 78 valence electrons. The van der Waals surface area contributed by atoms with Gasteiger partial charge in [-0.2, -0.15) is 8.42 Å². The first-order valence-electron chi connectivity index (χ1n) is 3.21. The van der Waals surface area contributed by atoms with Gasteiger partial charge in [0.15, 0.2) is 4.91 Å². The molecule has 0 fully saturated rings. The zero-order valence-electron chi connectivity index (χ0n) is 6.96. The van der Waals surface area contributed by atoms with E-state index in [0.29, 0.717) is 6.26 Å². The van der Waals surface area contributed by atoms with Crippen molar-refractivity contribution in [1.29, 1.82) is 0 Å². The van der Waals surface area contributed by atoms with E-state index >= 15 is 0 Å². The summed E-state index contributed by atoms with van der Waals surface area (Å²) in [6.07, 6.45) is 1.33. The first kappa shape index (κ1) is 10.9. The Morgan fingerprint density at radius 1 is 1.50 bits per heavy atom. The largest absolute Gasteiger partial charge is 0.383 e. The van der Waals surface area contributed by atoms with Crippen molar-refractivity contribution in [3.8, 4) is 0 Å². The van der Waals surface area contributed by atoms with E-state index in [1.54, 1.807) is 0 Å². The number of rotatable bonds is 1. The first-order valence-corrected chi connectivity index (χ1v) is 6.54. The Morgan fingerprint density at radius 3 is 2.29 bits per heavy atom. The quantitative estimate of drug-likeness (QED) is 0.571. The normalized spacial score (nSPS) is 20.1. The number of nitrogens with zero attached hydrogens (tertiary/aromatic N) is 1. The molecular weight excluding hydrogens is 232 g/mol. The van der Waals surface area contributed by atoms with Gasteiger partial charge in [0.1, 0.15) is 5.84 Å². The topological polar surface area (TPSA) is 124 Å². The standard InChI is InChI=1S/C5H6N2O5S2/c1-13(9,10)5(8)3-2-4(6)7-14(3,11)12/h2H,1H3,(H2,6,7). The maximum atomic E-state index is 11.1. The van der Waals surface area contributed by atoms with Crippen LogP contribution in [0.1, 0.15) is 0 Å². The molecule has 0 saturated heterocycles. The number of amidine groups is 1. The van der Waals surface area contributed by atoms with Crippen molar-refractivity contribution in [2.45, 2.75) is 0 Å². The molecule has 9 heteroatoms. The van der Waals surface area contributed by atoms with Crippen LogP contribution in [-0.2, 0) is 24.7 Å². The van der Waals surface area contributed by atoms with Crippen LogP contribution in [0.25, 0.3) is 0 Å². The molecule has 0 amide bonds. The van der Waals surface area contributed by atoms with Gasteiger partial charge in [-0.25, -0.2) is 8.42 Å². The maximum Gasteiger partial charge on any atom is 0.289 e. The van der Waals surface area contributed by atoms with Gasteiger partial charge >= 0.3 is 0 Å². The number of hydrogen-bond acceptors (Lipinski definition) is 6. The lowest BCUT2D eigenvalue weighted by Crippen LogP contribution is -2.18. The number of sulfone groups is 1. The molecule has 14 heavy (non-hydrogen) atoms. The van der Waals surface area contributed by atoms with Crippen molar-refractivity contribution >= 4 is 30.8 Å². The molecule has 7 nitrogen and oxygen atoms in total. The van der Waals surface area contributed by atoms with E-state index in [2.05, 4.69) is 4.40 Å². The van der Waals surface area contributed by atoms with Crippen LogP contribution in [0.15, 0.2) is 15.4 Å². The number of sulfonamides is 1. The van der Waals surface area contributed by atoms with E-state index in [9.17, 15) is 21.6 Å². The van der Waals surface area contributed by atoms with Gasteiger partial charge in [-0.05, 0) is 0 Å². The Kier molecular flexibility index (Phi) is 2.24. The molecule has 0 aromatic carbocycles. The van der Waals surface area contributed by atoms with E-state index in [1.165, 1.54) is 0 Å². The van der Waals surface area contributed by atoms with Crippen molar-refractivity contribution in [3.05, 3.63) is 11.0 Å². The van der Waals surface area contributed by atoms with E-state index < -0.39 is 35.7 Å². The molecule has 0 unspecified atom stereocenters. The van der Waals surface area contributed by atoms with Crippen molar-refractivity contribution in [3.63, 3.8) is 0 Å². The van der Waals surface area contributed by atoms with Crippen molar-refractivity contribution in [2.24, 2.45) is 10.1 Å².